The Bertz CT molecular complexity index is 2390. The highest BCUT2D eigenvalue weighted by Crippen LogP contribution is 2.69. The Morgan fingerprint density at radius 1 is 0.500 bits per heavy atom. The van der Waals surface area contributed by atoms with Crippen LogP contribution >= 0.6 is 0 Å². The maximum atomic E-state index is 16.3. The van der Waals surface area contributed by atoms with E-state index >= 15 is 9.59 Å². The first kappa shape index (κ1) is 33.5. The van der Waals surface area contributed by atoms with Crippen LogP contribution in [0.5, 0.6) is 0 Å². The van der Waals surface area contributed by atoms with Gasteiger partial charge in [-0.3, -0.25) is 19.4 Å². The predicted octanol–water partition coefficient (Wildman–Crippen LogP) is 8.70. The van der Waals surface area contributed by atoms with Gasteiger partial charge in [-0.2, -0.15) is 0 Å². The fraction of sp³-hybridized carbons (Fsp3) is 0.240. The number of amides is 2. The Morgan fingerprint density at radius 2 is 0.893 bits per heavy atom. The van der Waals surface area contributed by atoms with Crippen molar-refractivity contribution in [1.82, 2.24) is 9.80 Å². The molecule has 2 spiro atoms. The van der Waals surface area contributed by atoms with Crippen LogP contribution in [-0.4, -0.2) is 34.7 Å². The van der Waals surface area contributed by atoms with Gasteiger partial charge in [0.25, 0.3) is 11.8 Å². The van der Waals surface area contributed by atoms with Crippen LogP contribution in [0.1, 0.15) is 67.7 Å². The van der Waals surface area contributed by atoms with E-state index in [0.717, 1.165) is 68.7 Å². The van der Waals surface area contributed by atoms with E-state index in [1.807, 2.05) is 21.9 Å². The molecule has 6 aromatic rings. The van der Waals surface area contributed by atoms with Crippen LogP contribution in [0, 0.1) is 13.8 Å². The summed E-state index contributed by atoms with van der Waals surface area (Å²) in [6.45, 7) is 6.50. The molecular formula is C50H44N4O2. The molecule has 5 aliphatic heterocycles. The predicted molar refractivity (Wildman–Crippen MR) is 220 cm³/mol. The van der Waals surface area contributed by atoms with Crippen LogP contribution in [0.2, 0.25) is 0 Å². The quantitative estimate of drug-likeness (QED) is 0.182. The highest BCUT2D eigenvalue weighted by molar-refractivity contribution is 6.12. The van der Waals surface area contributed by atoms with Crippen LogP contribution in [0.4, 0.5) is 11.4 Å². The normalized spacial score (nSPS) is 24.8. The Balaban J connectivity index is 1.24. The summed E-state index contributed by atoms with van der Waals surface area (Å²) < 4.78 is 0. The van der Waals surface area contributed by atoms with Crippen molar-refractivity contribution >= 4 is 23.2 Å². The van der Waals surface area contributed by atoms with Gasteiger partial charge in [-0.25, -0.2) is 0 Å². The first-order valence-electron chi connectivity index (χ1n) is 20.1. The summed E-state index contributed by atoms with van der Waals surface area (Å²) in [4.78, 5) is 41.8. The summed E-state index contributed by atoms with van der Waals surface area (Å²) in [5.41, 5.74) is 11.0. The molecule has 1 fully saturated rings. The van der Waals surface area contributed by atoms with Crippen molar-refractivity contribution in [3.8, 4) is 0 Å². The van der Waals surface area contributed by atoms with E-state index in [0.29, 0.717) is 26.2 Å². The molecule has 2 amide bonds. The van der Waals surface area contributed by atoms with E-state index in [4.69, 9.17) is 0 Å². The lowest BCUT2D eigenvalue weighted by molar-refractivity contribution is -0.192. The largest absolute Gasteiger partial charge is 0.306 e. The second-order valence-corrected chi connectivity index (χ2v) is 16.4. The molecule has 0 unspecified atom stereocenters. The van der Waals surface area contributed by atoms with Crippen LogP contribution in [0.3, 0.4) is 0 Å². The summed E-state index contributed by atoms with van der Waals surface area (Å²) in [5, 5.41) is 0. The zero-order valence-corrected chi connectivity index (χ0v) is 31.9. The molecule has 0 aliphatic carbocycles. The van der Waals surface area contributed by atoms with Gasteiger partial charge < -0.3 is 9.80 Å². The van der Waals surface area contributed by atoms with Gasteiger partial charge in [0.2, 0.25) is 0 Å². The topological polar surface area (TPSA) is 47.1 Å². The van der Waals surface area contributed by atoms with Gasteiger partial charge in [-0.05, 0) is 72.2 Å². The average Bonchev–Trinajstić information content (AvgIpc) is 3.60. The number of piperazine rings is 1. The third-order valence-electron chi connectivity index (χ3n) is 13.5. The van der Waals surface area contributed by atoms with Gasteiger partial charge in [-0.1, -0.05) is 145 Å². The zero-order valence-electron chi connectivity index (χ0n) is 31.9. The Hall–Kier alpha value is -5.82. The second kappa shape index (κ2) is 12.3. The van der Waals surface area contributed by atoms with Gasteiger partial charge >= 0.3 is 0 Å². The molecule has 56 heavy (non-hydrogen) atoms. The van der Waals surface area contributed by atoms with E-state index in [9.17, 15) is 0 Å². The molecule has 6 heteroatoms. The molecule has 6 aromatic carbocycles. The van der Waals surface area contributed by atoms with E-state index < -0.39 is 23.2 Å². The lowest BCUT2D eigenvalue weighted by Crippen LogP contribution is -2.76. The minimum Gasteiger partial charge on any atom is -0.306 e. The average molecular weight is 733 g/mol. The van der Waals surface area contributed by atoms with Gasteiger partial charge in [-0.15, -0.1) is 0 Å². The minimum atomic E-state index is -1.10. The van der Waals surface area contributed by atoms with Gasteiger partial charge in [0, 0.05) is 35.6 Å². The molecule has 0 bridgehead atoms. The summed E-state index contributed by atoms with van der Waals surface area (Å²) in [6.07, 6.45) is 1.57. The molecular weight excluding hydrogens is 689 g/mol. The third kappa shape index (κ3) is 4.40. The van der Waals surface area contributed by atoms with Crippen molar-refractivity contribution in [1.29, 1.82) is 0 Å². The molecule has 5 heterocycles. The SMILES string of the molecule is Cc1ccc2c(c1)[C@@]1(C(=O)N2Cc2ccccc2)[C@H]2c3ccccc3CCN2[C@]2(C(=O)N(Cc3ccccc3)c3ccc(C)cc32)[C@H]2c3ccccc3CCN21. The number of rotatable bonds is 4. The van der Waals surface area contributed by atoms with Crippen molar-refractivity contribution < 1.29 is 9.59 Å². The van der Waals surface area contributed by atoms with Crippen molar-refractivity contribution in [3.63, 3.8) is 0 Å². The van der Waals surface area contributed by atoms with Crippen molar-refractivity contribution in [2.75, 3.05) is 22.9 Å². The molecule has 276 valence electrons. The second-order valence-electron chi connectivity index (χ2n) is 16.4. The molecule has 0 N–H and O–H groups in total. The summed E-state index contributed by atoms with van der Waals surface area (Å²) in [6, 6.07) is 50.4. The van der Waals surface area contributed by atoms with Crippen LogP contribution in [-0.2, 0) is 46.6 Å². The Morgan fingerprint density at radius 3 is 1.32 bits per heavy atom. The third-order valence-corrected chi connectivity index (χ3v) is 13.5. The minimum absolute atomic E-state index is 0.0870. The zero-order chi connectivity index (χ0) is 37.8. The number of carbonyl (C=O) groups excluding carboxylic acids is 2. The van der Waals surface area contributed by atoms with Gasteiger partial charge in [0.15, 0.2) is 0 Å². The van der Waals surface area contributed by atoms with E-state index in [1.165, 1.54) is 11.1 Å². The fourth-order valence-electron chi connectivity index (χ4n) is 11.3. The molecule has 11 rings (SSSR count). The van der Waals surface area contributed by atoms with Crippen LogP contribution in [0.15, 0.2) is 146 Å². The summed E-state index contributed by atoms with van der Waals surface area (Å²) in [7, 11) is 0. The Kier molecular flexibility index (Phi) is 7.39. The molecule has 5 aliphatic rings. The molecule has 4 atom stereocenters. The van der Waals surface area contributed by atoms with Crippen molar-refractivity contribution in [3.05, 3.63) is 201 Å². The number of fused-ring (bicyclic) bond motifs is 14. The van der Waals surface area contributed by atoms with Crippen molar-refractivity contribution in [2.45, 2.75) is 62.9 Å². The first-order chi connectivity index (χ1) is 27.4. The van der Waals surface area contributed by atoms with Crippen LogP contribution < -0.4 is 9.80 Å². The molecule has 1 saturated heterocycles. The number of nitrogens with zero attached hydrogens (tertiary/aromatic N) is 4. The maximum Gasteiger partial charge on any atom is 0.254 e. The lowest BCUT2D eigenvalue weighted by Gasteiger charge is -2.66. The molecule has 6 nitrogen and oxygen atoms in total. The number of anilines is 2. The fourth-order valence-corrected chi connectivity index (χ4v) is 11.3. The summed E-state index contributed by atoms with van der Waals surface area (Å²) in [5.74, 6) is 0.174. The molecule has 0 aromatic heterocycles. The van der Waals surface area contributed by atoms with Gasteiger partial charge in [0.1, 0.15) is 11.1 Å². The van der Waals surface area contributed by atoms with Crippen molar-refractivity contribution in [2.24, 2.45) is 0 Å². The number of aryl methyl sites for hydroxylation is 2. The van der Waals surface area contributed by atoms with E-state index in [1.54, 1.807) is 0 Å². The summed E-state index contributed by atoms with van der Waals surface area (Å²) >= 11 is 0. The molecule has 0 radical (unpaired) electrons. The lowest BCUT2D eigenvalue weighted by atomic mass is 9.62. The monoisotopic (exact) mass is 732 g/mol. The van der Waals surface area contributed by atoms with E-state index in [-0.39, 0.29) is 11.8 Å². The number of hydrogen-bond acceptors (Lipinski definition) is 4. The smallest absolute Gasteiger partial charge is 0.254 e. The van der Waals surface area contributed by atoms with E-state index in [2.05, 4.69) is 157 Å². The van der Waals surface area contributed by atoms with Gasteiger partial charge in [0.05, 0.1) is 25.2 Å². The highest BCUT2D eigenvalue weighted by atomic mass is 16.2. The first-order valence-corrected chi connectivity index (χ1v) is 20.1. The molecule has 0 saturated carbocycles. The number of carbonyl (C=O) groups is 2. The highest BCUT2D eigenvalue weighted by Gasteiger charge is 2.75. The maximum absolute atomic E-state index is 16.3. The standard InChI is InChI=1S/C50H44N4O2/c1-33-21-23-43-41(29-33)49(47(55)51(43)31-35-13-5-3-6-14-35)45-39-19-11-9-17-37(39)26-28-54(45)50(46-40-20-12-10-18-38(40)25-27-53(46)49)42-30-34(2)22-24-44(42)52(48(50)56)32-36-15-7-4-8-16-36/h3-24,29-30,45-46H,25-28,31-32H2,1-2H3/t45-,46-,49+,50+/m1/s1. The Labute approximate surface area is 328 Å². The number of benzene rings is 6. The van der Waals surface area contributed by atoms with Crippen LogP contribution in [0.25, 0.3) is 0 Å². The number of hydrogen-bond donors (Lipinski definition) is 0.